The zero-order chi connectivity index (χ0) is 19.3. The molecule has 0 spiro atoms. The predicted octanol–water partition coefficient (Wildman–Crippen LogP) is 5.56. The van der Waals surface area contributed by atoms with Crippen molar-refractivity contribution in [1.29, 1.82) is 0 Å². The highest BCUT2D eigenvalue weighted by Crippen LogP contribution is 2.24. The first kappa shape index (κ1) is 18.1. The Bertz CT molecular complexity index is 1140. The fraction of sp³-hybridized carbons (Fsp3) is 0.160. The molecule has 0 fully saturated rings. The Balaban J connectivity index is 1.75. The highest BCUT2D eigenvalue weighted by Gasteiger charge is 2.07. The molecule has 0 amide bonds. The lowest BCUT2D eigenvalue weighted by Gasteiger charge is -2.07. The number of fused-ring (bicyclic) bond motifs is 1. The number of aryl methyl sites for hydroxylation is 1. The van der Waals surface area contributed by atoms with Crippen LogP contribution in [0.3, 0.4) is 0 Å². The van der Waals surface area contributed by atoms with Crippen LogP contribution in [0.25, 0.3) is 22.3 Å². The third-order valence-corrected chi connectivity index (χ3v) is 4.80. The molecule has 0 saturated carbocycles. The first-order valence-corrected chi connectivity index (χ1v) is 9.46. The minimum Gasteiger partial charge on any atom is -0.497 e. The van der Waals surface area contributed by atoms with Gasteiger partial charge in [-0.3, -0.25) is 4.99 Å². The van der Waals surface area contributed by atoms with Crippen LogP contribution in [0.5, 0.6) is 5.75 Å². The molecule has 0 radical (unpaired) electrons. The van der Waals surface area contributed by atoms with Gasteiger partial charge in [-0.05, 0) is 55.3 Å². The average Bonchev–Trinajstić information content (AvgIpc) is 2.74. The van der Waals surface area contributed by atoms with Gasteiger partial charge in [0.25, 0.3) is 0 Å². The van der Waals surface area contributed by atoms with Crippen molar-refractivity contribution in [3.05, 3.63) is 95.3 Å². The largest absolute Gasteiger partial charge is 0.497 e. The number of hydrogen-bond donors (Lipinski definition) is 0. The summed E-state index contributed by atoms with van der Waals surface area (Å²) in [4.78, 5) is 4.91. The van der Waals surface area contributed by atoms with Crippen LogP contribution in [0, 0.1) is 6.92 Å². The van der Waals surface area contributed by atoms with Crippen molar-refractivity contribution in [2.24, 2.45) is 4.99 Å². The molecule has 3 aromatic carbocycles. The van der Waals surface area contributed by atoms with E-state index in [1.165, 1.54) is 11.1 Å². The van der Waals surface area contributed by atoms with E-state index in [0.29, 0.717) is 0 Å². The van der Waals surface area contributed by atoms with Gasteiger partial charge >= 0.3 is 0 Å². The SMILES string of the molecule is COc1ccc(-c2cc(=NCCc3ccccc3)c3cc(C)ccc3o2)cc1. The number of ether oxygens (including phenoxy) is 1. The minimum atomic E-state index is 0.735. The van der Waals surface area contributed by atoms with Crippen molar-refractivity contribution in [2.75, 3.05) is 13.7 Å². The third kappa shape index (κ3) is 3.99. The van der Waals surface area contributed by atoms with Crippen LogP contribution >= 0.6 is 0 Å². The van der Waals surface area contributed by atoms with Gasteiger partial charge in [-0.15, -0.1) is 0 Å². The molecule has 0 aliphatic heterocycles. The molecule has 3 nitrogen and oxygen atoms in total. The maximum Gasteiger partial charge on any atom is 0.136 e. The van der Waals surface area contributed by atoms with Crippen LogP contribution in [0.15, 0.2) is 88.3 Å². The van der Waals surface area contributed by atoms with E-state index in [2.05, 4.69) is 43.3 Å². The van der Waals surface area contributed by atoms with E-state index in [4.69, 9.17) is 14.1 Å². The summed E-state index contributed by atoms with van der Waals surface area (Å²) in [6.07, 6.45) is 0.915. The normalized spacial score (nSPS) is 11.7. The Morgan fingerprint density at radius 1 is 0.893 bits per heavy atom. The number of rotatable bonds is 5. The lowest BCUT2D eigenvalue weighted by molar-refractivity contribution is 0.415. The molecule has 4 rings (SSSR count). The van der Waals surface area contributed by atoms with E-state index in [9.17, 15) is 0 Å². The maximum absolute atomic E-state index is 6.18. The molecule has 0 aliphatic rings. The van der Waals surface area contributed by atoms with Crippen molar-refractivity contribution >= 4 is 11.0 Å². The maximum atomic E-state index is 6.18. The van der Waals surface area contributed by atoms with Crippen LogP contribution in [-0.2, 0) is 6.42 Å². The van der Waals surface area contributed by atoms with Crippen molar-refractivity contribution in [3.8, 4) is 17.1 Å². The predicted molar refractivity (Wildman–Crippen MR) is 114 cm³/mol. The summed E-state index contributed by atoms with van der Waals surface area (Å²) in [5, 5.41) is 2.01. The van der Waals surface area contributed by atoms with Gasteiger partial charge in [0.2, 0.25) is 0 Å². The average molecular weight is 369 g/mol. The fourth-order valence-electron chi connectivity index (χ4n) is 3.26. The van der Waals surface area contributed by atoms with E-state index in [1.807, 2.05) is 42.5 Å². The van der Waals surface area contributed by atoms with Gasteiger partial charge < -0.3 is 9.15 Å². The number of nitrogens with zero attached hydrogens (tertiary/aromatic N) is 1. The Labute approximate surface area is 165 Å². The first-order chi connectivity index (χ1) is 13.7. The molecule has 28 heavy (non-hydrogen) atoms. The molecule has 0 N–H and O–H groups in total. The summed E-state index contributed by atoms with van der Waals surface area (Å²) in [6, 6.07) is 26.6. The number of methoxy groups -OCH3 is 1. The van der Waals surface area contributed by atoms with E-state index >= 15 is 0 Å². The van der Waals surface area contributed by atoms with Gasteiger partial charge in [0, 0.05) is 23.6 Å². The Morgan fingerprint density at radius 2 is 1.68 bits per heavy atom. The summed E-state index contributed by atoms with van der Waals surface area (Å²) < 4.78 is 11.4. The highest BCUT2D eigenvalue weighted by molar-refractivity contribution is 5.79. The summed E-state index contributed by atoms with van der Waals surface area (Å²) >= 11 is 0. The van der Waals surface area contributed by atoms with Gasteiger partial charge in [-0.2, -0.15) is 0 Å². The second kappa shape index (κ2) is 8.13. The topological polar surface area (TPSA) is 34.7 Å². The monoisotopic (exact) mass is 369 g/mol. The molecule has 140 valence electrons. The molecule has 0 aliphatic carbocycles. The number of hydrogen-bond acceptors (Lipinski definition) is 3. The minimum absolute atomic E-state index is 0.735. The van der Waals surface area contributed by atoms with E-state index in [0.717, 1.165) is 46.4 Å². The molecular formula is C25H23NO2. The van der Waals surface area contributed by atoms with Gasteiger partial charge in [-0.25, -0.2) is 0 Å². The number of benzene rings is 3. The van der Waals surface area contributed by atoms with Gasteiger partial charge in [-0.1, -0.05) is 42.0 Å². The van der Waals surface area contributed by atoms with Crippen LogP contribution in [-0.4, -0.2) is 13.7 Å². The molecule has 1 aromatic heterocycles. The molecule has 0 saturated heterocycles. The lowest BCUT2D eigenvalue weighted by Crippen LogP contribution is -2.06. The van der Waals surface area contributed by atoms with Crippen LogP contribution in [0.4, 0.5) is 0 Å². The van der Waals surface area contributed by atoms with Crippen molar-refractivity contribution < 1.29 is 9.15 Å². The van der Waals surface area contributed by atoms with Crippen LogP contribution in [0.2, 0.25) is 0 Å². The van der Waals surface area contributed by atoms with Crippen LogP contribution in [0.1, 0.15) is 11.1 Å². The second-order valence-electron chi connectivity index (χ2n) is 6.84. The molecule has 4 aromatic rings. The lowest BCUT2D eigenvalue weighted by atomic mass is 10.1. The summed E-state index contributed by atoms with van der Waals surface area (Å²) in [5.41, 5.74) is 4.34. The van der Waals surface area contributed by atoms with Crippen molar-refractivity contribution in [3.63, 3.8) is 0 Å². The van der Waals surface area contributed by atoms with E-state index < -0.39 is 0 Å². The quantitative estimate of drug-likeness (QED) is 0.461. The Kier molecular flexibility index (Phi) is 5.24. The molecule has 0 bridgehead atoms. The van der Waals surface area contributed by atoms with E-state index in [1.54, 1.807) is 7.11 Å². The summed E-state index contributed by atoms with van der Waals surface area (Å²) in [5.74, 6) is 1.63. The zero-order valence-corrected chi connectivity index (χ0v) is 16.2. The van der Waals surface area contributed by atoms with Gasteiger partial charge in [0.15, 0.2) is 0 Å². The van der Waals surface area contributed by atoms with Crippen molar-refractivity contribution in [2.45, 2.75) is 13.3 Å². The highest BCUT2D eigenvalue weighted by atomic mass is 16.5. The molecule has 3 heteroatoms. The van der Waals surface area contributed by atoms with Crippen molar-refractivity contribution in [1.82, 2.24) is 0 Å². The third-order valence-electron chi connectivity index (χ3n) is 4.80. The molecular weight excluding hydrogens is 346 g/mol. The summed E-state index contributed by atoms with van der Waals surface area (Å²) in [7, 11) is 1.67. The first-order valence-electron chi connectivity index (χ1n) is 9.46. The molecule has 1 heterocycles. The summed E-state index contributed by atoms with van der Waals surface area (Å²) in [6.45, 7) is 2.82. The van der Waals surface area contributed by atoms with Gasteiger partial charge in [0.05, 0.1) is 12.5 Å². The van der Waals surface area contributed by atoms with Crippen LogP contribution < -0.4 is 10.1 Å². The standard InChI is InChI=1S/C25H23NO2/c1-18-8-13-24-22(16-18)23(26-15-14-19-6-4-3-5-7-19)17-25(28-24)20-9-11-21(27-2)12-10-20/h3-13,16-17H,14-15H2,1-2H3. The fourth-order valence-corrected chi connectivity index (χ4v) is 3.26. The smallest absolute Gasteiger partial charge is 0.136 e. The molecule has 0 atom stereocenters. The van der Waals surface area contributed by atoms with Gasteiger partial charge in [0.1, 0.15) is 17.1 Å². The zero-order valence-electron chi connectivity index (χ0n) is 16.2. The van der Waals surface area contributed by atoms with E-state index in [-0.39, 0.29) is 0 Å². The second-order valence-corrected chi connectivity index (χ2v) is 6.84. The Morgan fingerprint density at radius 3 is 2.43 bits per heavy atom. The molecule has 0 unspecified atom stereocenters. The Hall–Kier alpha value is -3.33.